The second kappa shape index (κ2) is 11.4. The van der Waals surface area contributed by atoms with Gasteiger partial charge in [0.2, 0.25) is 0 Å². The number of hydrogen-bond acceptors (Lipinski definition) is 4. The first-order valence-electron chi connectivity index (χ1n) is 11.9. The fraction of sp³-hybridized carbons (Fsp3) is 0.241. The van der Waals surface area contributed by atoms with Crippen molar-refractivity contribution in [1.29, 1.82) is 0 Å². The normalized spacial score (nSPS) is 11.8. The molecular weight excluding hydrogens is 442 g/mol. The smallest absolute Gasteiger partial charge is 0.335 e. The Balaban J connectivity index is 1.44. The zero-order chi connectivity index (χ0) is 24.6. The number of nitrogens with one attached hydrogen (secondary N) is 1. The van der Waals surface area contributed by atoms with E-state index in [0.29, 0.717) is 17.9 Å². The number of ether oxygens (including phenoxy) is 1. The minimum Gasteiger partial charge on any atom is -0.481 e. The van der Waals surface area contributed by atoms with Gasteiger partial charge in [0.1, 0.15) is 17.1 Å². The summed E-state index contributed by atoms with van der Waals surface area (Å²) in [6.07, 6.45) is 3.98. The summed E-state index contributed by atoms with van der Waals surface area (Å²) in [5.74, 6) is -0.00584. The number of para-hydroxylation sites is 1. The molecule has 0 radical (unpaired) electrons. The van der Waals surface area contributed by atoms with Crippen molar-refractivity contribution in [2.45, 2.75) is 45.1 Å². The van der Waals surface area contributed by atoms with Crippen LogP contribution in [-0.4, -0.2) is 23.1 Å². The molecule has 0 aliphatic carbocycles. The lowest BCUT2D eigenvalue weighted by Gasteiger charge is -2.19. The number of carboxylic acid groups (broad SMARTS) is 1. The van der Waals surface area contributed by atoms with E-state index in [-0.39, 0.29) is 11.5 Å². The highest BCUT2D eigenvalue weighted by Crippen LogP contribution is 2.28. The number of amides is 1. The predicted octanol–water partition coefficient (Wildman–Crippen LogP) is 7.15. The lowest BCUT2D eigenvalue weighted by atomic mass is 10.1. The molecule has 0 aliphatic rings. The van der Waals surface area contributed by atoms with E-state index in [4.69, 9.17) is 14.3 Å². The summed E-state index contributed by atoms with van der Waals surface area (Å²) in [5, 5.41) is 13.1. The second-order valence-electron chi connectivity index (χ2n) is 8.50. The summed E-state index contributed by atoms with van der Waals surface area (Å²) in [6, 6.07) is 23.5. The molecule has 4 aromatic rings. The second-order valence-corrected chi connectivity index (χ2v) is 8.50. The van der Waals surface area contributed by atoms with Crippen molar-refractivity contribution in [1.82, 2.24) is 0 Å². The molecule has 0 aliphatic heterocycles. The summed E-state index contributed by atoms with van der Waals surface area (Å²) in [6.45, 7) is 2.14. The summed E-state index contributed by atoms with van der Waals surface area (Å²) in [5.41, 5.74) is 2.59. The van der Waals surface area contributed by atoms with Crippen LogP contribution in [0.5, 0.6) is 5.75 Å². The quantitative estimate of drug-likeness (QED) is 0.227. The molecule has 180 valence electrons. The maximum atomic E-state index is 13.1. The van der Waals surface area contributed by atoms with Gasteiger partial charge in [0.25, 0.3) is 5.91 Å². The SMILES string of the molecule is CCCCCCC(Oc1ccc(C(=O)O)cc1)C(=O)Nc1ccc(-c2cc3ccccc3o2)cc1. The van der Waals surface area contributed by atoms with Gasteiger partial charge in [-0.2, -0.15) is 0 Å². The number of anilines is 1. The molecule has 1 unspecified atom stereocenters. The van der Waals surface area contributed by atoms with E-state index in [1.807, 2.05) is 54.6 Å². The maximum absolute atomic E-state index is 13.1. The van der Waals surface area contributed by atoms with Crippen LogP contribution in [0, 0.1) is 0 Å². The highest BCUT2D eigenvalue weighted by molar-refractivity contribution is 5.94. The predicted molar refractivity (Wildman–Crippen MR) is 137 cm³/mol. The average molecular weight is 472 g/mol. The lowest BCUT2D eigenvalue weighted by Crippen LogP contribution is -2.33. The van der Waals surface area contributed by atoms with Crippen molar-refractivity contribution in [3.63, 3.8) is 0 Å². The molecule has 6 heteroatoms. The number of unbranched alkanes of at least 4 members (excludes halogenated alkanes) is 3. The molecule has 0 saturated carbocycles. The third-order valence-corrected chi connectivity index (χ3v) is 5.85. The first-order chi connectivity index (χ1) is 17.0. The Hall–Kier alpha value is -4.06. The fourth-order valence-corrected chi connectivity index (χ4v) is 3.91. The number of furan rings is 1. The van der Waals surface area contributed by atoms with Crippen molar-refractivity contribution < 1.29 is 23.8 Å². The number of benzene rings is 3. The monoisotopic (exact) mass is 471 g/mol. The zero-order valence-corrected chi connectivity index (χ0v) is 19.7. The highest BCUT2D eigenvalue weighted by atomic mass is 16.5. The number of rotatable bonds is 11. The number of hydrogen-bond donors (Lipinski definition) is 2. The Labute approximate surface area is 204 Å². The Bertz CT molecular complexity index is 1240. The standard InChI is InChI=1S/C29H29NO5/c1-2-3-4-5-10-26(34-24-17-13-21(14-18-24)29(32)33)28(31)30-23-15-11-20(12-16-23)27-19-22-8-6-7-9-25(22)35-27/h6-9,11-19,26H,2-5,10H2,1H3,(H,30,31)(H,32,33). The van der Waals surface area contributed by atoms with Crippen LogP contribution < -0.4 is 10.1 Å². The Morgan fingerprint density at radius 2 is 1.69 bits per heavy atom. The van der Waals surface area contributed by atoms with Gasteiger partial charge >= 0.3 is 5.97 Å². The first-order valence-corrected chi connectivity index (χ1v) is 11.9. The lowest BCUT2D eigenvalue weighted by molar-refractivity contribution is -0.123. The Kier molecular flexibility index (Phi) is 7.83. The topological polar surface area (TPSA) is 88.8 Å². The number of aromatic carboxylic acids is 1. The van der Waals surface area contributed by atoms with Crippen molar-refractivity contribution >= 4 is 28.5 Å². The van der Waals surface area contributed by atoms with Crippen molar-refractivity contribution in [3.8, 4) is 17.1 Å². The van der Waals surface area contributed by atoms with E-state index in [9.17, 15) is 9.59 Å². The van der Waals surface area contributed by atoms with Gasteiger partial charge in [-0.3, -0.25) is 4.79 Å². The summed E-state index contributed by atoms with van der Waals surface area (Å²) in [7, 11) is 0. The molecule has 1 atom stereocenters. The molecule has 0 bridgehead atoms. The van der Waals surface area contributed by atoms with E-state index in [1.54, 1.807) is 12.1 Å². The van der Waals surface area contributed by atoms with Gasteiger partial charge in [0.05, 0.1) is 5.56 Å². The van der Waals surface area contributed by atoms with Crippen LogP contribution in [0.3, 0.4) is 0 Å². The van der Waals surface area contributed by atoms with Crippen LogP contribution in [-0.2, 0) is 4.79 Å². The molecule has 1 heterocycles. The van der Waals surface area contributed by atoms with Crippen molar-refractivity contribution in [2.75, 3.05) is 5.32 Å². The van der Waals surface area contributed by atoms with Gasteiger partial charge in [0.15, 0.2) is 6.10 Å². The van der Waals surface area contributed by atoms with Gasteiger partial charge in [-0.15, -0.1) is 0 Å². The van der Waals surface area contributed by atoms with Gasteiger partial charge in [-0.25, -0.2) is 4.79 Å². The molecule has 4 rings (SSSR count). The van der Waals surface area contributed by atoms with Gasteiger partial charge in [-0.05, 0) is 73.5 Å². The molecule has 35 heavy (non-hydrogen) atoms. The molecule has 1 aromatic heterocycles. The largest absolute Gasteiger partial charge is 0.481 e. The summed E-state index contributed by atoms with van der Waals surface area (Å²) in [4.78, 5) is 24.2. The Morgan fingerprint density at radius 1 is 0.943 bits per heavy atom. The van der Waals surface area contributed by atoms with Crippen LogP contribution >= 0.6 is 0 Å². The van der Waals surface area contributed by atoms with E-state index < -0.39 is 12.1 Å². The van der Waals surface area contributed by atoms with Crippen LogP contribution in [0.25, 0.3) is 22.3 Å². The number of carbonyl (C=O) groups excluding carboxylic acids is 1. The van der Waals surface area contributed by atoms with Gasteiger partial charge in [0, 0.05) is 16.6 Å². The molecule has 1 amide bonds. The average Bonchev–Trinajstić information content (AvgIpc) is 3.31. The van der Waals surface area contributed by atoms with Crippen LogP contribution in [0.2, 0.25) is 0 Å². The van der Waals surface area contributed by atoms with Crippen molar-refractivity contribution in [2.24, 2.45) is 0 Å². The van der Waals surface area contributed by atoms with E-state index in [1.165, 1.54) is 12.1 Å². The Morgan fingerprint density at radius 3 is 2.37 bits per heavy atom. The molecule has 2 N–H and O–H groups in total. The minimum atomic E-state index is -1.00. The number of carboxylic acids is 1. The van der Waals surface area contributed by atoms with E-state index >= 15 is 0 Å². The van der Waals surface area contributed by atoms with Crippen LogP contribution in [0.15, 0.2) is 83.3 Å². The summed E-state index contributed by atoms with van der Waals surface area (Å²) < 4.78 is 11.9. The molecule has 0 saturated heterocycles. The summed E-state index contributed by atoms with van der Waals surface area (Å²) >= 11 is 0. The fourth-order valence-electron chi connectivity index (χ4n) is 3.91. The van der Waals surface area contributed by atoms with Gasteiger partial charge in [-0.1, -0.05) is 44.4 Å². The third-order valence-electron chi connectivity index (χ3n) is 5.85. The van der Waals surface area contributed by atoms with E-state index in [0.717, 1.165) is 48.0 Å². The van der Waals surface area contributed by atoms with Crippen LogP contribution in [0.4, 0.5) is 5.69 Å². The maximum Gasteiger partial charge on any atom is 0.335 e. The molecule has 0 fully saturated rings. The number of fused-ring (bicyclic) bond motifs is 1. The molecule has 3 aromatic carbocycles. The number of carbonyl (C=O) groups is 2. The van der Waals surface area contributed by atoms with Crippen LogP contribution in [0.1, 0.15) is 49.4 Å². The first kappa shape index (κ1) is 24.1. The van der Waals surface area contributed by atoms with Gasteiger partial charge < -0.3 is 19.6 Å². The minimum absolute atomic E-state index is 0.172. The molecular formula is C29H29NO5. The van der Waals surface area contributed by atoms with Crippen molar-refractivity contribution in [3.05, 3.63) is 84.4 Å². The van der Waals surface area contributed by atoms with E-state index in [2.05, 4.69) is 12.2 Å². The highest BCUT2D eigenvalue weighted by Gasteiger charge is 2.21. The molecule has 0 spiro atoms. The third kappa shape index (κ3) is 6.29. The molecule has 6 nitrogen and oxygen atoms in total. The zero-order valence-electron chi connectivity index (χ0n) is 19.7.